The lowest BCUT2D eigenvalue weighted by molar-refractivity contribution is 0.0692. The van der Waals surface area contributed by atoms with Crippen molar-refractivity contribution in [3.05, 3.63) is 29.8 Å². The molecule has 2 amide bonds. The van der Waals surface area contributed by atoms with Gasteiger partial charge in [0.25, 0.3) is 10.0 Å². The van der Waals surface area contributed by atoms with Crippen molar-refractivity contribution in [3.8, 4) is 0 Å². The maximum Gasteiger partial charge on any atom is 0.337 e. The van der Waals surface area contributed by atoms with Crippen LogP contribution in [0.2, 0.25) is 0 Å². The van der Waals surface area contributed by atoms with Gasteiger partial charge in [0.15, 0.2) is 0 Å². The van der Waals surface area contributed by atoms with Crippen LogP contribution in [0.4, 0.5) is 4.79 Å². The number of carboxylic acid groups (broad SMARTS) is 1. The minimum absolute atomic E-state index is 0.434. The van der Waals surface area contributed by atoms with Crippen molar-refractivity contribution in [1.29, 1.82) is 0 Å². The molecule has 0 atom stereocenters. The fraction of sp³-hybridized carbons (Fsp3) is 0. The molecule has 0 fully saturated rings. The number of nitrogens with two attached hydrogens (primary N) is 1. The quantitative estimate of drug-likeness (QED) is 0.675. The number of urea groups is 1. The number of primary amides is 1. The second-order valence-electron chi connectivity index (χ2n) is 2.77. The molecule has 16 heavy (non-hydrogen) atoms. The summed E-state index contributed by atoms with van der Waals surface area (Å²) in [4.78, 5) is 20.7. The molecule has 8 heteroatoms. The average Bonchev–Trinajstić information content (AvgIpc) is 2.15. The molecule has 0 heterocycles. The van der Waals surface area contributed by atoms with Gasteiger partial charge in [-0.1, -0.05) is 12.1 Å². The van der Waals surface area contributed by atoms with Gasteiger partial charge >= 0.3 is 12.0 Å². The Bertz CT molecular complexity index is 537. The number of benzene rings is 1. The number of nitrogens with one attached hydrogen (secondary N) is 1. The summed E-state index contributed by atoms with van der Waals surface area (Å²) >= 11 is 0. The molecule has 7 nitrogen and oxygen atoms in total. The van der Waals surface area contributed by atoms with Crippen molar-refractivity contribution >= 4 is 22.0 Å². The van der Waals surface area contributed by atoms with E-state index in [9.17, 15) is 18.0 Å². The van der Waals surface area contributed by atoms with Gasteiger partial charge in [0, 0.05) is 0 Å². The van der Waals surface area contributed by atoms with Crippen LogP contribution in [0.3, 0.4) is 0 Å². The Morgan fingerprint density at radius 2 is 1.81 bits per heavy atom. The molecule has 0 unspecified atom stereocenters. The Labute approximate surface area is 90.9 Å². The first-order chi connectivity index (χ1) is 7.34. The fourth-order valence-electron chi connectivity index (χ4n) is 1.07. The number of aromatic carboxylic acids is 1. The third-order valence-corrected chi connectivity index (χ3v) is 3.05. The number of carbonyl (C=O) groups excluding carboxylic acids is 1. The molecular formula is C8H8N2O5S. The van der Waals surface area contributed by atoms with Crippen molar-refractivity contribution < 1.29 is 23.1 Å². The third-order valence-electron chi connectivity index (χ3n) is 1.64. The van der Waals surface area contributed by atoms with Crippen LogP contribution in [0.25, 0.3) is 0 Å². The van der Waals surface area contributed by atoms with Gasteiger partial charge in [0.1, 0.15) is 4.90 Å². The standard InChI is InChI=1S/C8H8N2O5S/c9-8(13)10-16(14,15)6-4-2-1-3-5(6)7(11)12/h1-4H,(H,11,12)(H3,9,10,13). The molecule has 0 saturated heterocycles. The maximum absolute atomic E-state index is 11.5. The predicted molar refractivity (Wildman–Crippen MR) is 53.3 cm³/mol. The first-order valence-electron chi connectivity index (χ1n) is 3.99. The summed E-state index contributed by atoms with van der Waals surface area (Å²) in [7, 11) is -4.24. The second kappa shape index (κ2) is 4.19. The predicted octanol–water partition coefficient (Wildman–Crippen LogP) is -0.258. The molecule has 1 rings (SSSR count). The molecular weight excluding hydrogens is 236 g/mol. The highest BCUT2D eigenvalue weighted by molar-refractivity contribution is 7.90. The van der Waals surface area contributed by atoms with Crippen LogP contribution < -0.4 is 10.5 Å². The molecule has 0 spiro atoms. The van der Waals surface area contributed by atoms with Crippen molar-refractivity contribution in [3.63, 3.8) is 0 Å². The van der Waals surface area contributed by atoms with Gasteiger partial charge in [-0.3, -0.25) is 0 Å². The lowest BCUT2D eigenvalue weighted by Crippen LogP contribution is -2.35. The normalized spacial score (nSPS) is 10.8. The third kappa shape index (κ3) is 2.48. The number of carbonyl (C=O) groups is 2. The average molecular weight is 244 g/mol. The fourth-order valence-corrected chi connectivity index (χ4v) is 2.14. The number of hydrogen-bond donors (Lipinski definition) is 3. The van der Waals surface area contributed by atoms with E-state index in [4.69, 9.17) is 5.11 Å². The summed E-state index contributed by atoms with van der Waals surface area (Å²) < 4.78 is 24.5. The first-order valence-corrected chi connectivity index (χ1v) is 5.47. The van der Waals surface area contributed by atoms with Crippen LogP contribution in [0.1, 0.15) is 10.4 Å². The van der Waals surface area contributed by atoms with Gasteiger partial charge in [-0.05, 0) is 12.1 Å². The van der Waals surface area contributed by atoms with Crippen LogP contribution in [0.5, 0.6) is 0 Å². The monoisotopic (exact) mass is 244 g/mol. The largest absolute Gasteiger partial charge is 0.478 e. The van der Waals surface area contributed by atoms with E-state index in [1.807, 2.05) is 0 Å². The SMILES string of the molecule is NC(=O)NS(=O)(=O)c1ccccc1C(=O)O. The number of sulfonamides is 1. The van der Waals surface area contributed by atoms with Crippen molar-refractivity contribution in [2.75, 3.05) is 0 Å². The van der Waals surface area contributed by atoms with E-state index in [-0.39, 0.29) is 0 Å². The highest BCUT2D eigenvalue weighted by atomic mass is 32.2. The molecule has 0 saturated carbocycles. The van der Waals surface area contributed by atoms with Gasteiger partial charge in [0.2, 0.25) is 0 Å². The van der Waals surface area contributed by atoms with Crippen LogP contribution in [-0.2, 0) is 10.0 Å². The van der Waals surface area contributed by atoms with Crippen LogP contribution in [0, 0.1) is 0 Å². The molecule has 1 aromatic rings. The molecule has 0 aliphatic carbocycles. The lowest BCUT2D eigenvalue weighted by Gasteiger charge is -2.06. The second-order valence-corrected chi connectivity index (χ2v) is 4.42. The lowest BCUT2D eigenvalue weighted by atomic mass is 10.2. The first kappa shape index (κ1) is 12.0. The maximum atomic E-state index is 11.5. The zero-order chi connectivity index (χ0) is 12.3. The van der Waals surface area contributed by atoms with Gasteiger partial charge in [-0.2, -0.15) is 0 Å². The summed E-state index contributed by atoms with van der Waals surface area (Å²) in [5.41, 5.74) is 4.23. The highest BCUT2D eigenvalue weighted by Crippen LogP contribution is 2.14. The zero-order valence-electron chi connectivity index (χ0n) is 7.88. The van der Waals surface area contributed by atoms with Gasteiger partial charge < -0.3 is 10.8 Å². The number of hydrogen-bond acceptors (Lipinski definition) is 4. The Balaban J connectivity index is 3.33. The Kier molecular flexibility index (Phi) is 3.14. The van der Waals surface area contributed by atoms with Gasteiger partial charge in [-0.15, -0.1) is 0 Å². The van der Waals surface area contributed by atoms with Crippen molar-refractivity contribution in [2.45, 2.75) is 4.90 Å². The van der Waals surface area contributed by atoms with Crippen LogP contribution >= 0.6 is 0 Å². The summed E-state index contributed by atoms with van der Waals surface area (Å²) in [6.45, 7) is 0. The van der Waals surface area contributed by atoms with Crippen molar-refractivity contribution in [1.82, 2.24) is 4.72 Å². The molecule has 0 aromatic heterocycles. The zero-order valence-corrected chi connectivity index (χ0v) is 8.69. The minimum Gasteiger partial charge on any atom is -0.478 e. The molecule has 0 radical (unpaired) electrons. The van der Waals surface area contributed by atoms with E-state index in [1.165, 1.54) is 16.9 Å². The van der Waals surface area contributed by atoms with E-state index >= 15 is 0 Å². The topological polar surface area (TPSA) is 127 Å². The summed E-state index contributed by atoms with van der Waals surface area (Å²) in [5, 5.41) is 8.75. The molecule has 4 N–H and O–H groups in total. The summed E-state index contributed by atoms with van der Waals surface area (Å²) in [6.07, 6.45) is 0. The summed E-state index contributed by atoms with van der Waals surface area (Å²) in [6, 6.07) is 3.60. The van der Waals surface area contributed by atoms with Gasteiger partial charge in [0.05, 0.1) is 5.56 Å². The van der Waals surface area contributed by atoms with E-state index < -0.39 is 32.5 Å². The Hall–Kier alpha value is -2.09. The number of amides is 2. The molecule has 86 valence electrons. The van der Waals surface area contributed by atoms with Crippen LogP contribution in [-0.4, -0.2) is 25.5 Å². The van der Waals surface area contributed by atoms with E-state index in [0.29, 0.717) is 0 Å². The molecule has 0 bridgehead atoms. The van der Waals surface area contributed by atoms with E-state index in [2.05, 4.69) is 5.73 Å². The van der Waals surface area contributed by atoms with Gasteiger partial charge in [-0.25, -0.2) is 22.7 Å². The molecule has 0 aliphatic heterocycles. The van der Waals surface area contributed by atoms with E-state index in [1.54, 1.807) is 0 Å². The number of rotatable bonds is 3. The smallest absolute Gasteiger partial charge is 0.337 e. The Morgan fingerprint density at radius 1 is 1.25 bits per heavy atom. The summed E-state index contributed by atoms with van der Waals surface area (Å²) in [5.74, 6) is -1.41. The minimum atomic E-state index is -4.24. The van der Waals surface area contributed by atoms with Crippen LogP contribution in [0.15, 0.2) is 29.2 Å². The highest BCUT2D eigenvalue weighted by Gasteiger charge is 2.22. The Morgan fingerprint density at radius 3 is 2.31 bits per heavy atom. The molecule has 1 aromatic carbocycles. The van der Waals surface area contributed by atoms with Crippen molar-refractivity contribution in [2.24, 2.45) is 5.73 Å². The van der Waals surface area contributed by atoms with E-state index in [0.717, 1.165) is 12.1 Å². The molecule has 0 aliphatic rings. The number of carboxylic acids is 1.